The molecule has 0 aromatic heterocycles. The highest BCUT2D eigenvalue weighted by Crippen LogP contribution is 2.47. The van der Waals surface area contributed by atoms with E-state index < -0.39 is 16.8 Å². The van der Waals surface area contributed by atoms with Crippen molar-refractivity contribution in [2.24, 2.45) is 16.1 Å². The zero-order valence-electron chi connectivity index (χ0n) is 15.7. The molecule has 1 heterocycles. The van der Waals surface area contributed by atoms with Gasteiger partial charge in [-0.15, -0.1) is 0 Å². The summed E-state index contributed by atoms with van der Waals surface area (Å²) in [5, 5.41) is 3.11. The molecule has 0 bridgehead atoms. The second kappa shape index (κ2) is 6.33. The smallest absolute Gasteiger partial charge is 0.237 e. The van der Waals surface area contributed by atoms with Crippen molar-refractivity contribution >= 4 is 23.2 Å². The molecule has 0 aliphatic carbocycles. The zero-order chi connectivity index (χ0) is 20.0. The molecular weight excluding hydrogens is 350 g/mol. The molecular formula is C20H22F2N4O. The average molecular weight is 372 g/mol. The summed E-state index contributed by atoms with van der Waals surface area (Å²) in [5.41, 5.74) is 5.21. The number of hydrogen-bond donors (Lipinski definition) is 2. The third-order valence-electron chi connectivity index (χ3n) is 5.36. The van der Waals surface area contributed by atoms with E-state index in [0.717, 1.165) is 0 Å². The molecule has 0 spiro atoms. The number of benzene rings is 2. The molecule has 2 aromatic carbocycles. The number of halogens is 2. The van der Waals surface area contributed by atoms with Crippen LogP contribution in [-0.2, 0) is 10.3 Å². The second-order valence-electron chi connectivity index (χ2n) is 7.36. The maximum absolute atomic E-state index is 14.8. The van der Waals surface area contributed by atoms with Crippen molar-refractivity contribution in [2.75, 3.05) is 12.4 Å². The van der Waals surface area contributed by atoms with Crippen LogP contribution >= 0.6 is 0 Å². The molecule has 1 aliphatic rings. The lowest BCUT2D eigenvalue weighted by Gasteiger charge is -2.46. The monoisotopic (exact) mass is 372 g/mol. The van der Waals surface area contributed by atoms with Crippen LogP contribution in [0.4, 0.5) is 20.2 Å². The van der Waals surface area contributed by atoms with E-state index in [1.165, 1.54) is 23.1 Å². The van der Waals surface area contributed by atoms with E-state index in [-0.39, 0.29) is 23.2 Å². The van der Waals surface area contributed by atoms with Gasteiger partial charge in [0.05, 0.1) is 5.41 Å². The van der Waals surface area contributed by atoms with Crippen LogP contribution in [0.2, 0.25) is 0 Å². The number of guanidine groups is 1. The number of hydrogen-bond acceptors (Lipinski definition) is 4. The van der Waals surface area contributed by atoms with E-state index in [4.69, 9.17) is 5.73 Å². The maximum atomic E-state index is 14.8. The highest BCUT2D eigenvalue weighted by molar-refractivity contribution is 6.01. The van der Waals surface area contributed by atoms with Crippen LogP contribution in [0.3, 0.4) is 0 Å². The molecule has 1 atom stereocenters. The summed E-state index contributed by atoms with van der Waals surface area (Å²) in [6.07, 6.45) is 0. The summed E-state index contributed by atoms with van der Waals surface area (Å²) in [6.45, 7) is 5.15. The Bertz CT molecular complexity index is 924. The van der Waals surface area contributed by atoms with Gasteiger partial charge in [0, 0.05) is 24.0 Å². The number of amides is 1. The number of nitrogens with zero attached hydrogens (tertiary/aromatic N) is 2. The Morgan fingerprint density at radius 2 is 1.63 bits per heavy atom. The van der Waals surface area contributed by atoms with Gasteiger partial charge in [0.2, 0.25) is 5.91 Å². The number of nitrogens with one attached hydrogen (secondary N) is 1. The Morgan fingerprint density at radius 1 is 1.04 bits per heavy atom. The fourth-order valence-corrected chi connectivity index (χ4v) is 3.25. The zero-order valence-corrected chi connectivity index (χ0v) is 15.7. The van der Waals surface area contributed by atoms with E-state index in [0.29, 0.717) is 11.4 Å². The van der Waals surface area contributed by atoms with Crippen LogP contribution in [0.25, 0.3) is 0 Å². The van der Waals surface area contributed by atoms with Crippen LogP contribution in [0.15, 0.2) is 47.5 Å². The molecule has 27 heavy (non-hydrogen) atoms. The van der Waals surface area contributed by atoms with Gasteiger partial charge < -0.3 is 11.1 Å². The lowest BCUT2D eigenvalue weighted by Crippen LogP contribution is -2.58. The fourth-order valence-electron chi connectivity index (χ4n) is 3.25. The van der Waals surface area contributed by atoms with Crippen molar-refractivity contribution in [3.05, 3.63) is 59.7 Å². The van der Waals surface area contributed by atoms with Crippen molar-refractivity contribution in [2.45, 2.75) is 26.3 Å². The Hall–Kier alpha value is -2.96. The summed E-state index contributed by atoms with van der Waals surface area (Å²) in [4.78, 5) is 18.5. The van der Waals surface area contributed by atoms with Crippen LogP contribution in [0, 0.1) is 17.0 Å². The summed E-state index contributed by atoms with van der Waals surface area (Å²) in [7, 11) is 1.55. The van der Waals surface area contributed by atoms with E-state index in [1.54, 1.807) is 52.1 Å². The van der Waals surface area contributed by atoms with Crippen molar-refractivity contribution in [3.63, 3.8) is 0 Å². The Morgan fingerprint density at radius 3 is 2.26 bits per heavy atom. The van der Waals surface area contributed by atoms with Gasteiger partial charge in [-0.1, -0.05) is 0 Å². The molecule has 5 nitrogen and oxygen atoms in total. The predicted molar refractivity (Wildman–Crippen MR) is 102 cm³/mol. The lowest BCUT2D eigenvalue weighted by atomic mass is 9.67. The Kier molecular flexibility index (Phi) is 4.41. The quantitative estimate of drug-likeness (QED) is 0.862. The van der Waals surface area contributed by atoms with Crippen molar-refractivity contribution < 1.29 is 13.6 Å². The molecule has 142 valence electrons. The van der Waals surface area contributed by atoms with Crippen molar-refractivity contribution in [1.82, 2.24) is 4.90 Å². The largest absolute Gasteiger partial charge is 0.369 e. The number of rotatable bonds is 3. The Balaban J connectivity index is 2.08. The molecule has 1 amide bonds. The SMILES string of the molecule is CN1C(=O)C(C)(C)C(C)(c2cc(Nc3ccc(F)cc3)ccc2F)N=C1N. The van der Waals surface area contributed by atoms with Gasteiger partial charge in [-0.05, 0) is 63.2 Å². The predicted octanol–water partition coefficient (Wildman–Crippen LogP) is 3.74. The number of nitrogens with two attached hydrogens (primary N) is 1. The highest BCUT2D eigenvalue weighted by atomic mass is 19.1. The molecule has 1 aliphatic heterocycles. The molecule has 2 aromatic rings. The van der Waals surface area contributed by atoms with Crippen LogP contribution in [0.5, 0.6) is 0 Å². The van der Waals surface area contributed by atoms with Crippen LogP contribution < -0.4 is 11.1 Å². The number of carbonyl (C=O) groups is 1. The second-order valence-corrected chi connectivity index (χ2v) is 7.36. The first kappa shape index (κ1) is 18.8. The molecule has 0 fully saturated rings. The maximum Gasteiger partial charge on any atom is 0.237 e. The first-order valence-corrected chi connectivity index (χ1v) is 8.52. The van der Waals surface area contributed by atoms with Gasteiger partial charge in [0.15, 0.2) is 5.96 Å². The van der Waals surface area contributed by atoms with E-state index >= 15 is 0 Å². The summed E-state index contributed by atoms with van der Waals surface area (Å²) >= 11 is 0. The van der Waals surface area contributed by atoms with Crippen LogP contribution in [0.1, 0.15) is 26.3 Å². The molecule has 0 saturated heterocycles. The summed E-state index contributed by atoms with van der Waals surface area (Å²) in [6, 6.07) is 10.3. The fraction of sp³-hybridized carbons (Fsp3) is 0.300. The number of aliphatic imine (C=N–C) groups is 1. The van der Waals surface area contributed by atoms with Gasteiger partial charge in [-0.25, -0.2) is 13.8 Å². The van der Waals surface area contributed by atoms with Gasteiger partial charge in [0.1, 0.15) is 17.2 Å². The van der Waals surface area contributed by atoms with Gasteiger partial charge in [-0.2, -0.15) is 0 Å². The van der Waals surface area contributed by atoms with E-state index in [1.807, 2.05) is 0 Å². The van der Waals surface area contributed by atoms with Gasteiger partial charge in [0.25, 0.3) is 0 Å². The third kappa shape index (κ3) is 3.03. The minimum atomic E-state index is -1.19. The van der Waals surface area contributed by atoms with E-state index in [9.17, 15) is 13.6 Å². The Labute approximate surface area is 156 Å². The summed E-state index contributed by atoms with van der Waals surface area (Å²) < 4.78 is 27.9. The van der Waals surface area contributed by atoms with E-state index in [2.05, 4.69) is 10.3 Å². The lowest BCUT2D eigenvalue weighted by molar-refractivity contribution is -0.140. The normalized spacial score (nSPS) is 21.8. The molecule has 7 heteroatoms. The van der Waals surface area contributed by atoms with Gasteiger partial charge >= 0.3 is 0 Å². The first-order chi connectivity index (χ1) is 12.6. The van der Waals surface area contributed by atoms with Crippen molar-refractivity contribution in [3.8, 4) is 0 Å². The molecule has 0 radical (unpaired) electrons. The minimum Gasteiger partial charge on any atom is -0.369 e. The summed E-state index contributed by atoms with van der Waals surface area (Å²) in [5.74, 6) is -1.03. The molecule has 3 rings (SSSR count). The average Bonchev–Trinajstić information content (AvgIpc) is 2.62. The molecule has 3 N–H and O–H groups in total. The topological polar surface area (TPSA) is 70.7 Å². The highest BCUT2D eigenvalue weighted by Gasteiger charge is 2.53. The first-order valence-electron chi connectivity index (χ1n) is 8.52. The standard InChI is InChI=1S/C20H22F2N4O/c1-19(2)17(27)26(4)18(23)25-20(19,3)15-11-14(9-10-16(15)22)24-13-7-5-12(21)6-8-13/h5-11,24H,1-4H3,(H2,23,25). The molecule has 0 saturated carbocycles. The third-order valence-corrected chi connectivity index (χ3v) is 5.36. The van der Waals surface area contributed by atoms with Crippen LogP contribution in [-0.4, -0.2) is 23.8 Å². The van der Waals surface area contributed by atoms with Crippen molar-refractivity contribution in [1.29, 1.82) is 0 Å². The van der Waals surface area contributed by atoms with Gasteiger partial charge in [-0.3, -0.25) is 9.69 Å². The minimum absolute atomic E-state index is 0.0399. The number of anilines is 2. The molecule has 1 unspecified atom stereocenters. The number of carbonyl (C=O) groups excluding carboxylic acids is 1.